The molecule has 5 nitrogen and oxygen atoms in total. The first-order valence-corrected chi connectivity index (χ1v) is 5.58. The van der Waals surface area contributed by atoms with Crippen LogP contribution in [0.25, 0.3) is 0 Å². The summed E-state index contributed by atoms with van der Waals surface area (Å²) in [6.45, 7) is 4.81. The number of ether oxygens (including phenoxy) is 3. The van der Waals surface area contributed by atoms with E-state index >= 15 is 0 Å². The molecule has 0 saturated carbocycles. The quantitative estimate of drug-likeness (QED) is 0.412. The number of Topliss-reactive ketones (excluding diaryl/α,β-unsaturated/α-hetero) is 1. The Morgan fingerprint density at radius 1 is 1.21 bits per heavy atom. The van der Waals surface area contributed by atoms with Gasteiger partial charge in [0.1, 0.15) is 6.26 Å². The summed E-state index contributed by atoms with van der Waals surface area (Å²) in [5.41, 5.74) is 0.449. The summed E-state index contributed by atoms with van der Waals surface area (Å²) < 4.78 is 15.1. The number of hydrogen-bond donors (Lipinski definition) is 1. The van der Waals surface area contributed by atoms with Crippen molar-refractivity contribution in [2.24, 2.45) is 0 Å². The van der Waals surface area contributed by atoms with Gasteiger partial charge in [0.15, 0.2) is 17.3 Å². The first kappa shape index (κ1) is 17.0. The van der Waals surface area contributed by atoms with Gasteiger partial charge in [0, 0.05) is 11.1 Å². The normalized spacial score (nSPS) is 13.0. The van der Waals surface area contributed by atoms with Crippen molar-refractivity contribution in [1.29, 1.82) is 0 Å². The van der Waals surface area contributed by atoms with Crippen LogP contribution >= 0.6 is 0 Å². The Kier molecular flexibility index (Phi) is 8.04. The summed E-state index contributed by atoms with van der Waals surface area (Å²) in [5.74, 6) is 0.315. The first-order valence-electron chi connectivity index (χ1n) is 5.58. The number of ketones is 1. The van der Waals surface area contributed by atoms with Gasteiger partial charge in [0.2, 0.25) is 0 Å². The predicted molar refractivity (Wildman–Crippen MR) is 72.2 cm³/mol. The molecule has 5 heteroatoms. The van der Waals surface area contributed by atoms with Gasteiger partial charge < -0.3 is 19.3 Å². The monoisotopic (exact) mass is 268 g/mol. The van der Waals surface area contributed by atoms with Gasteiger partial charge in [0.25, 0.3) is 0 Å². The van der Waals surface area contributed by atoms with Gasteiger partial charge in [-0.1, -0.05) is 12.7 Å². The number of hydrogen-bond acceptors (Lipinski definition) is 5. The van der Waals surface area contributed by atoms with E-state index in [9.17, 15) is 4.79 Å². The van der Waals surface area contributed by atoms with Crippen LogP contribution in [0.3, 0.4) is 0 Å². The lowest BCUT2D eigenvalue weighted by molar-refractivity contribution is -0.112. The van der Waals surface area contributed by atoms with Crippen LogP contribution in [-0.2, 0) is 19.0 Å². The molecule has 0 aromatic carbocycles. The van der Waals surface area contributed by atoms with E-state index in [-0.39, 0.29) is 11.4 Å². The summed E-state index contributed by atoms with van der Waals surface area (Å²) in [6.07, 6.45) is 4.45. The van der Waals surface area contributed by atoms with Gasteiger partial charge in [-0.25, -0.2) is 0 Å². The van der Waals surface area contributed by atoms with Gasteiger partial charge >= 0.3 is 0 Å². The molecule has 0 amide bonds. The van der Waals surface area contributed by atoms with Crippen molar-refractivity contribution in [1.82, 2.24) is 0 Å². The Morgan fingerprint density at radius 3 is 2.16 bits per heavy atom. The van der Waals surface area contributed by atoms with Crippen molar-refractivity contribution in [2.75, 3.05) is 27.9 Å². The minimum atomic E-state index is -0.391. The van der Waals surface area contributed by atoms with Crippen LogP contribution in [-0.4, -0.2) is 38.8 Å². The van der Waals surface area contributed by atoms with E-state index < -0.39 is 6.61 Å². The van der Waals surface area contributed by atoms with Crippen LogP contribution in [0, 0.1) is 0 Å². The Hall–Kier alpha value is -2.01. The van der Waals surface area contributed by atoms with Crippen LogP contribution in [0.1, 0.15) is 6.92 Å². The van der Waals surface area contributed by atoms with E-state index in [1.807, 2.05) is 0 Å². The molecule has 0 unspecified atom stereocenters. The summed E-state index contributed by atoms with van der Waals surface area (Å²) >= 11 is 0. The molecule has 1 N–H and O–H groups in total. The molecule has 0 aliphatic rings. The summed E-state index contributed by atoms with van der Waals surface area (Å²) in [7, 11) is 4.39. The maximum Gasteiger partial charge on any atom is 0.195 e. The number of aliphatic hydroxyl groups is 1. The third kappa shape index (κ3) is 5.01. The molecule has 0 aliphatic carbocycles. The third-order valence-electron chi connectivity index (χ3n) is 2.28. The molecule has 0 saturated heterocycles. The molecule has 106 valence electrons. The molecule has 0 spiro atoms. The number of rotatable bonds is 8. The SMILES string of the molecule is C=C(CO)C(=O)C(=C/C)/C=C(OC)\C(=C\OC)OC. The van der Waals surface area contributed by atoms with Gasteiger partial charge in [-0.05, 0) is 13.0 Å². The van der Waals surface area contributed by atoms with Gasteiger partial charge in [-0.15, -0.1) is 0 Å². The average molecular weight is 268 g/mol. The largest absolute Gasteiger partial charge is 0.500 e. The fourth-order valence-electron chi connectivity index (χ4n) is 1.24. The third-order valence-corrected chi connectivity index (χ3v) is 2.28. The lowest BCUT2D eigenvalue weighted by atomic mass is 10.0. The molecule has 0 aliphatic heterocycles. The van der Waals surface area contributed by atoms with Crippen molar-refractivity contribution >= 4 is 5.78 Å². The molecule has 0 atom stereocenters. The lowest BCUT2D eigenvalue weighted by Crippen LogP contribution is -2.08. The number of carbonyl (C=O) groups is 1. The molecule has 0 fully saturated rings. The zero-order valence-corrected chi connectivity index (χ0v) is 11.7. The Morgan fingerprint density at radius 2 is 1.79 bits per heavy atom. The van der Waals surface area contributed by atoms with E-state index in [1.165, 1.54) is 33.7 Å². The zero-order chi connectivity index (χ0) is 14.8. The topological polar surface area (TPSA) is 65.0 Å². The maximum atomic E-state index is 11.9. The fraction of sp³-hybridized carbons (Fsp3) is 0.357. The smallest absolute Gasteiger partial charge is 0.195 e. The highest BCUT2D eigenvalue weighted by Crippen LogP contribution is 2.16. The second-order valence-electron chi connectivity index (χ2n) is 3.47. The molecule has 0 aromatic heterocycles. The van der Waals surface area contributed by atoms with Crippen molar-refractivity contribution in [3.8, 4) is 0 Å². The highest BCUT2D eigenvalue weighted by Gasteiger charge is 2.14. The van der Waals surface area contributed by atoms with Crippen molar-refractivity contribution < 1.29 is 24.1 Å². The second-order valence-corrected chi connectivity index (χ2v) is 3.47. The van der Waals surface area contributed by atoms with E-state index in [0.717, 1.165) is 0 Å². The fourth-order valence-corrected chi connectivity index (χ4v) is 1.24. The predicted octanol–water partition coefficient (Wildman–Crippen LogP) is 1.71. The Labute approximate surface area is 113 Å². The van der Waals surface area contributed by atoms with Crippen LogP contribution in [0.4, 0.5) is 0 Å². The molecule has 0 bridgehead atoms. The van der Waals surface area contributed by atoms with Gasteiger partial charge in [-0.2, -0.15) is 0 Å². The number of methoxy groups -OCH3 is 3. The zero-order valence-electron chi connectivity index (χ0n) is 11.7. The summed E-state index contributed by atoms with van der Waals surface area (Å²) in [4.78, 5) is 11.9. The molecule has 0 aromatic rings. The van der Waals surface area contributed by atoms with Crippen molar-refractivity contribution in [3.63, 3.8) is 0 Å². The van der Waals surface area contributed by atoms with Crippen molar-refractivity contribution in [3.05, 3.63) is 47.7 Å². The highest BCUT2D eigenvalue weighted by molar-refractivity contribution is 6.09. The molecule has 19 heavy (non-hydrogen) atoms. The van der Waals surface area contributed by atoms with Crippen LogP contribution in [0.2, 0.25) is 0 Å². The first-order chi connectivity index (χ1) is 9.05. The lowest BCUT2D eigenvalue weighted by Gasteiger charge is -2.10. The molecule has 0 radical (unpaired) electrons. The second kappa shape index (κ2) is 8.99. The van der Waals surface area contributed by atoms with E-state index in [4.69, 9.17) is 19.3 Å². The van der Waals surface area contributed by atoms with Crippen molar-refractivity contribution in [2.45, 2.75) is 6.92 Å². The van der Waals surface area contributed by atoms with Gasteiger partial charge in [-0.3, -0.25) is 4.79 Å². The van der Waals surface area contributed by atoms with E-state index in [1.54, 1.807) is 13.0 Å². The molecule has 0 rings (SSSR count). The summed E-state index contributed by atoms with van der Waals surface area (Å²) in [6, 6.07) is 0. The number of aliphatic hydroxyl groups excluding tert-OH is 1. The molecule has 0 heterocycles. The van der Waals surface area contributed by atoms with Crippen LogP contribution in [0.5, 0.6) is 0 Å². The number of carbonyl (C=O) groups excluding carboxylic acids is 1. The van der Waals surface area contributed by atoms with Crippen LogP contribution < -0.4 is 0 Å². The van der Waals surface area contributed by atoms with E-state index in [0.29, 0.717) is 17.1 Å². The molecular formula is C14H20O5. The van der Waals surface area contributed by atoms with Gasteiger partial charge in [0.05, 0.1) is 27.9 Å². The number of allylic oxidation sites excluding steroid dienone is 3. The highest BCUT2D eigenvalue weighted by atomic mass is 16.5. The standard InChI is InChI=1S/C14H20O5/c1-6-11(14(16)10(2)8-15)7-12(18-4)13(19-5)9-17-3/h6-7,9,15H,2,8H2,1,3-5H3/b11-6+,12-7+,13-9-. The minimum absolute atomic E-state index is 0.106. The van der Waals surface area contributed by atoms with Crippen LogP contribution in [0.15, 0.2) is 47.7 Å². The Bertz CT molecular complexity index is 416. The Balaban J connectivity index is 5.40. The average Bonchev–Trinajstić information content (AvgIpc) is 2.45. The minimum Gasteiger partial charge on any atom is -0.500 e. The summed E-state index contributed by atoms with van der Waals surface area (Å²) in [5, 5.41) is 8.92. The maximum absolute atomic E-state index is 11.9. The van der Waals surface area contributed by atoms with E-state index in [2.05, 4.69) is 6.58 Å². The molecular weight excluding hydrogens is 248 g/mol.